The molecule has 4 aromatic rings. The van der Waals surface area contributed by atoms with E-state index in [1.807, 2.05) is 41.0 Å². The van der Waals surface area contributed by atoms with Crippen LogP contribution in [0, 0.1) is 11.3 Å². The first-order chi connectivity index (χ1) is 13.3. The molecule has 0 saturated heterocycles. The number of nitrogens with one attached hydrogen (secondary N) is 1. The van der Waals surface area contributed by atoms with Gasteiger partial charge in [0.1, 0.15) is 5.82 Å². The van der Waals surface area contributed by atoms with Crippen molar-refractivity contribution in [3.8, 4) is 17.2 Å². The Bertz CT molecular complexity index is 1120. The van der Waals surface area contributed by atoms with Crippen molar-refractivity contribution in [3.63, 3.8) is 0 Å². The zero-order chi connectivity index (χ0) is 18.6. The minimum Gasteiger partial charge on any atom is -0.366 e. The number of nitriles is 1. The van der Waals surface area contributed by atoms with E-state index in [-0.39, 0.29) is 0 Å². The van der Waals surface area contributed by atoms with Gasteiger partial charge in [-0.3, -0.25) is 0 Å². The maximum atomic E-state index is 9.29. The Hall–Kier alpha value is -3.65. The van der Waals surface area contributed by atoms with Crippen molar-refractivity contribution >= 4 is 11.5 Å². The molecule has 0 aliphatic heterocycles. The highest BCUT2D eigenvalue weighted by Gasteiger charge is 2.09. The molecule has 0 saturated carbocycles. The highest BCUT2D eigenvalue weighted by Crippen LogP contribution is 2.24. The minimum atomic E-state index is 0.687. The second-order valence-corrected chi connectivity index (χ2v) is 6.29. The molecule has 0 amide bonds. The predicted molar refractivity (Wildman–Crippen MR) is 106 cm³/mol. The van der Waals surface area contributed by atoms with Gasteiger partial charge in [-0.25, -0.2) is 4.98 Å². The van der Waals surface area contributed by atoms with Crippen molar-refractivity contribution in [1.29, 1.82) is 5.26 Å². The maximum absolute atomic E-state index is 9.29. The molecule has 0 fully saturated rings. The Morgan fingerprint density at radius 1 is 1.07 bits per heavy atom. The van der Waals surface area contributed by atoms with Crippen LogP contribution in [-0.2, 0) is 13.0 Å². The normalized spacial score (nSPS) is 10.7. The van der Waals surface area contributed by atoms with E-state index >= 15 is 0 Å². The number of fused-ring (bicyclic) bond motifs is 1. The second-order valence-electron chi connectivity index (χ2n) is 6.29. The molecule has 1 N–H and O–H groups in total. The topological polar surface area (TPSA) is 66.0 Å². The fourth-order valence-electron chi connectivity index (χ4n) is 3.18. The number of benzene rings is 2. The van der Waals surface area contributed by atoms with Gasteiger partial charge in [-0.15, -0.1) is 0 Å². The molecule has 0 bridgehead atoms. The van der Waals surface area contributed by atoms with Gasteiger partial charge >= 0.3 is 0 Å². The SMILES string of the molecule is CCc1cnc2ccnn2c1NCc1ccc(-c2ccccc2C#N)cc1. The van der Waals surface area contributed by atoms with Gasteiger partial charge in [0.25, 0.3) is 0 Å². The van der Waals surface area contributed by atoms with Crippen LogP contribution in [-0.4, -0.2) is 14.6 Å². The van der Waals surface area contributed by atoms with Crippen LogP contribution in [0.15, 0.2) is 67.0 Å². The van der Waals surface area contributed by atoms with Crippen LogP contribution in [0.2, 0.25) is 0 Å². The summed E-state index contributed by atoms with van der Waals surface area (Å²) in [5.41, 5.74) is 5.81. The van der Waals surface area contributed by atoms with Crippen molar-refractivity contribution in [3.05, 3.63) is 83.7 Å². The van der Waals surface area contributed by atoms with Gasteiger partial charge in [-0.1, -0.05) is 49.4 Å². The molecule has 0 radical (unpaired) electrons. The van der Waals surface area contributed by atoms with Gasteiger partial charge in [-0.05, 0) is 29.2 Å². The second kappa shape index (κ2) is 7.30. The molecule has 5 heteroatoms. The Morgan fingerprint density at radius 2 is 1.89 bits per heavy atom. The van der Waals surface area contributed by atoms with E-state index in [1.54, 1.807) is 6.20 Å². The number of hydrogen-bond acceptors (Lipinski definition) is 4. The van der Waals surface area contributed by atoms with Gasteiger partial charge < -0.3 is 5.32 Å². The molecule has 132 valence electrons. The average Bonchev–Trinajstić information content (AvgIpc) is 3.21. The van der Waals surface area contributed by atoms with Gasteiger partial charge in [0.05, 0.1) is 17.8 Å². The first-order valence-electron chi connectivity index (χ1n) is 8.94. The quantitative estimate of drug-likeness (QED) is 0.576. The van der Waals surface area contributed by atoms with Crippen LogP contribution in [0.5, 0.6) is 0 Å². The van der Waals surface area contributed by atoms with E-state index in [2.05, 4.69) is 52.7 Å². The molecular formula is C22H19N5. The number of aryl methyl sites for hydroxylation is 1. The highest BCUT2D eigenvalue weighted by molar-refractivity contribution is 5.70. The molecule has 0 atom stereocenters. The molecule has 0 aliphatic rings. The molecule has 0 spiro atoms. The predicted octanol–water partition coefficient (Wildman–Crippen LogP) is 4.44. The van der Waals surface area contributed by atoms with E-state index in [1.165, 1.54) is 0 Å². The lowest BCUT2D eigenvalue weighted by molar-refractivity contribution is 0.899. The largest absolute Gasteiger partial charge is 0.366 e. The van der Waals surface area contributed by atoms with Crippen LogP contribution in [0.25, 0.3) is 16.8 Å². The van der Waals surface area contributed by atoms with Crippen LogP contribution >= 0.6 is 0 Å². The molecule has 0 unspecified atom stereocenters. The summed E-state index contributed by atoms with van der Waals surface area (Å²) in [5, 5.41) is 17.2. The van der Waals surface area contributed by atoms with Gasteiger partial charge in [-0.2, -0.15) is 14.9 Å². The van der Waals surface area contributed by atoms with E-state index in [4.69, 9.17) is 0 Å². The van der Waals surface area contributed by atoms with Crippen LogP contribution in [0.1, 0.15) is 23.6 Å². The summed E-state index contributed by atoms with van der Waals surface area (Å²) in [4.78, 5) is 4.42. The van der Waals surface area contributed by atoms with E-state index in [0.29, 0.717) is 12.1 Å². The zero-order valence-corrected chi connectivity index (χ0v) is 15.1. The van der Waals surface area contributed by atoms with Gasteiger partial charge in [0.2, 0.25) is 0 Å². The number of nitrogens with zero attached hydrogens (tertiary/aromatic N) is 4. The zero-order valence-electron chi connectivity index (χ0n) is 15.1. The fourth-order valence-corrected chi connectivity index (χ4v) is 3.18. The number of hydrogen-bond donors (Lipinski definition) is 1. The Balaban J connectivity index is 1.57. The van der Waals surface area contributed by atoms with Crippen LogP contribution < -0.4 is 5.32 Å². The van der Waals surface area contributed by atoms with Crippen molar-refractivity contribution in [2.24, 2.45) is 0 Å². The maximum Gasteiger partial charge on any atom is 0.157 e. The van der Waals surface area contributed by atoms with Gasteiger partial charge in [0.15, 0.2) is 5.65 Å². The first kappa shape index (κ1) is 16.8. The number of anilines is 1. The third-order valence-corrected chi connectivity index (χ3v) is 4.64. The van der Waals surface area contributed by atoms with Crippen LogP contribution in [0.4, 0.5) is 5.82 Å². The summed E-state index contributed by atoms with van der Waals surface area (Å²) in [5.74, 6) is 0.978. The molecule has 2 heterocycles. The molecule has 5 nitrogen and oxygen atoms in total. The van der Waals surface area contributed by atoms with Crippen molar-refractivity contribution in [1.82, 2.24) is 14.6 Å². The van der Waals surface area contributed by atoms with Gasteiger partial charge in [0, 0.05) is 24.4 Å². The summed E-state index contributed by atoms with van der Waals surface area (Å²) in [7, 11) is 0. The average molecular weight is 353 g/mol. The van der Waals surface area contributed by atoms with Crippen molar-refractivity contribution < 1.29 is 0 Å². The lowest BCUT2D eigenvalue weighted by atomic mass is 9.99. The Morgan fingerprint density at radius 3 is 2.67 bits per heavy atom. The summed E-state index contributed by atoms with van der Waals surface area (Å²) < 4.78 is 1.84. The van der Waals surface area contributed by atoms with E-state index < -0.39 is 0 Å². The molecule has 27 heavy (non-hydrogen) atoms. The van der Waals surface area contributed by atoms with Crippen molar-refractivity contribution in [2.75, 3.05) is 5.32 Å². The highest BCUT2D eigenvalue weighted by atomic mass is 15.3. The van der Waals surface area contributed by atoms with Crippen molar-refractivity contribution in [2.45, 2.75) is 19.9 Å². The summed E-state index contributed by atoms with van der Waals surface area (Å²) in [6, 6.07) is 20.1. The molecule has 0 aliphatic carbocycles. The Kier molecular flexibility index (Phi) is 4.54. The molecule has 2 aromatic heterocycles. The fraction of sp³-hybridized carbons (Fsp3) is 0.136. The first-order valence-corrected chi connectivity index (χ1v) is 8.94. The minimum absolute atomic E-state index is 0.687. The number of aromatic nitrogens is 3. The molecule has 2 aromatic carbocycles. The standard InChI is InChI=1S/C22H19N5/c1-2-17-15-24-21-11-12-26-27(21)22(17)25-14-16-7-9-18(10-8-16)20-6-4-3-5-19(20)13-23/h3-12,15,25H,2,14H2,1H3. The van der Waals surface area contributed by atoms with E-state index in [9.17, 15) is 5.26 Å². The molecule has 4 rings (SSSR count). The van der Waals surface area contributed by atoms with E-state index in [0.717, 1.165) is 40.1 Å². The summed E-state index contributed by atoms with van der Waals surface area (Å²) in [6.45, 7) is 2.80. The Labute approximate surface area is 157 Å². The summed E-state index contributed by atoms with van der Waals surface area (Å²) >= 11 is 0. The lowest BCUT2D eigenvalue weighted by Gasteiger charge is -2.13. The molecular weight excluding hydrogens is 334 g/mol. The summed E-state index contributed by atoms with van der Waals surface area (Å²) in [6.07, 6.45) is 4.55. The third kappa shape index (κ3) is 3.25. The lowest BCUT2D eigenvalue weighted by Crippen LogP contribution is -2.09. The number of rotatable bonds is 5. The monoisotopic (exact) mass is 353 g/mol. The third-order valence-electron chi connectivity index (χ3n) is 4.64. The van der Waals surface area contributed by atoms with Crippen LogP contribution in [0.3, 0.4) is 0 Å². The smallest absolute Gasteiger partial charge is 0.157 e.